The zero-order valence-electron chi connectivity index (χ0n) is 33.1. The quantitative estimate of drug-likeness (QED) is 0.0365. The summed E-state index contributed by atoms with van der Waals surface area (Å²) >= 11 is 6.06. The molecular weight excluding hydrogens is 829 g/mol. The Bertz CT molecular complexity index is 2420. The van der Waals surface area contributed by atoms with Gasteiger partial charge < -0.3 is 9.47 Å². The molecule has 0 aliphatic rings. The summed E-state index contributed by atoms with van der Waals surface area (Å²) in [5, 5.41) is 0. The minimum Gasteiger partial charge on any atom is -0.466 e. The predicted octanol–water partition coefficient (Wildman–Crippen LogP) is 9.62. The number of rotatable bonds is 18. The van der Waals surface area contributed by atoms with Crippen LogP contribution in [0.3, 0.4) is 0 Å². The number of carbonyl (C=O) groups excluding carboxylic acids is 4. The minimum atomic E-state index is -0.388. The molecule has 0 unspecified atom stereocenters. The van der Waals surface area contributed by atoms with Crippen LogP contribution in [0.25, 0.3) is 11.4 Å². The summed E-state index contributed by atoms with van der Waals surface area (Å²) in [6.07, 6.45) is 7.65. The van der Waals surface area contributed by atoms with Gasteiger partial charge in [0.25, 0.3) is 0 Å². The van der Waals surface area contributed by atoms with Gasteiger partial charge in [-0.15, -0.1) is 46.2 Å². The van der Waals surface area contributed by atoms with Crippen molar-refractivity contribution in [2.45, 2.75) is 46.6 Å². The molecule has 302 valence electrons. The molecule has 4 aromatic heterocycles. The van der Waals surface area contributed by atoms with E-state index in [9.17, 15) is 19.2 Å². The van der Waals surface area contributed by atoms with E-state index in [1.807, 2.05) is 113 Å². The van der Waals surface area contributed by atoms with Crippen LogP contribution in [-0.4, -0.2) is 36.7 Å². The number of aromatic nitrogens is 2. The Morgan fingerprint density at radius 1 is 0.517 bits per heavy atom. The molecule has 7 aromatic rings. The molecule has 0 saturated heterocycles. The Kier molecular flexibility index (Phi) is 14.5. The van der Waals surface area contributed by atoms with E-state index in [4.69, 9.17) is 9.47 Å². The molecule has 0 atom stereocenters. The Hall–Kier alpha value is -5.66. The summed E-state index contributed by atoms with van der Waals surface area (Å²) in [4.78, 5) is 55.1. The molecular formula is C48H42N2O6S4+2. The maximum absolute atomic E-state index is 14.0. The van der Waals surface area contributed by atoms with Crippen molar-refractivity contribution in [3.05, 3.63) is 189 Å². The van der Waals surface area contributed by atoms with Gasteiger partial charge in [0.2, 0.25) is 22.9 Å². The highest BCUT2D eigenvalue weighted by Crippen LogP contribution is 2.42. The van der Waals surface area contributed by atoms with Crippen molar-refractivity contribution in [3.8, 4) is 11.4 Å². The van der Waals surface area contributed by atoms with Crippen molar-refractivity contribution in [3.63, 3.8) is 0 Å². The van der Waals surface area contributed by atoms with Gasteiger partial charge in [0.15, 0.2) is 24.8 Å². The molecule has 0 N–H and O–H groups in total. The van der Waals surface area contributed by atoms with E-state index in [-0.39, 0.29) is 49.6 Å². The van der Waals surface area contributed by atoms with Gasteiger partial charge in [0, 0.05) is 46.9 Å². The number of thiophene rings is 2. The molecule has 0 aliphatic carbocycles. The van der Waals surface area contributed by atoms with Crippen LogP contribution >= 0.6 is 46.2 Å². The normalized spacial score (nSPS) is 11.0. The molecule has 12 heteroatoms. The number of esters is 2. The van der Waals surface area contributed by atoms with Crippen molar-refractivity contribution in [2.75, 3.05) is 13.2 Å². The van der Waals surface area contributed by atoms with Gasteiger partial charge in [0.05, 0.1) is 46.9 Å². The first-order valence-corrected chi connectivity index (χ1v) is 23.0. The van der Waals surface area contributed by atoms with Crippen molar-refractivity contribution < 1.29 is 37.8 Å². The van der Waals surface area contributed by atoms with Crippen LogP contribution in [0.1, 0.15) is 66.6 Å². The third-order valence-corrected chi connectivity index (χ3v) is 14.4. The predicted molar refractivity (Wildman–Crippen MR) is 238 cm³/mol. The standard InChI is InChI=1S/C48H42N2O6S4/c1-3-55-39(51)29-37-41(49-24-13-7-14-25-49)47(59-45(37)43(53)35-20-9-5-10-21-35)57-31-33-18-17-19-34(28-33)32-58-48-42(50-26-15-8-16-27-50)38(30-40(52)56-4-2)46(60-48)44(54)36-22-11-6-12-23-36/h5-28H,3-4,29-32H2,1-2H3/q+2. The fourth-order valence-corrected chi connectivity index (χ4v) is 11.7. The number of carbonyl (C=O) groups is 4. The van der Waals surface area contributed by atoms with E-state index >= 15 is 0 Å². The lowest BCUT2D eigenvalue weighted by molar-refractivity contribution is -0.598. The zero-order chi connectivity index (χ0) is 41.8. The molecule has 0 saturated carbocycles. The van der Waals surface area contributed by atoms with Crippen molar-refractivity contribution in [1.82, 2.24) is 0 Å². The maximum Gasteiger partial charge on any atom is 0.310 e. The number of nitrogens with zero attached hydrogens (tertiary/aromatic N) is 2. The summed E-state index contributed by atoms with van der Waals surface area (Å²) in [5.41, 5.74) is 6.17. The summed E-state index contributed by atoms with van der Waals surface area (Å²) in [7, 11) is 0. The molecule has 0 radical (unpaired) electrons. The zero-order valence-corrected chi connectivity index (χ0v) is 36.3. The van der Waals surface area contributed by atoms with E-state index in [2.05, 4.69) is 18.2 Å². The Morgan fingerprint density at radius 3 is 1.28 bits per heavy atom. The molecule has 0 bridgehead atoms. The summed E-state index contributed by atoms with van der Waals surface area (Å²) in [6, 6.07) is 38.2. The van der Waals surface area contributed by atoms with Crippen LogP contribution in [0.4, 0.5) is 0 Å². The average Bonchev–Trinajstić information content (AvgIpc) is 3.83. The third-order valence-electron chi connectivity index (χ3n) is 9.31. The smallest absolute Gasteiger partial charge is 0.310 e. The van der Waals surface area contributed by atoms with E-state index in [1.54, 1.807) is 61.6 Å². The summed E-state index contributed by atoms with van der Waals surface area (Å²) < 4.78 is 16.5. The second-order valence-electron chi connectivity index (χ2n) is 13.4. The van der Waals surface area contributed by atoms with Gasteiger partial charge >= 0.3 is 11.9 Å². The number of hydrogen-bond acceptors (Lipinski definition) is 10. The number of pyridine rings is 2. The van der Waals surface area contributed by atoms with Crippen molar-refractivity contribution in [1.29, 1.82) is 0 Å². The first-order valence-electron chi connectivity index (χ1n) is 19.4. The van der Waals surface area contributed by atoms with Gasteiger partial charge in [-0.2, -0.15) is 9.13 Å². The lowest BCUT2D eigenvalue weighted by Crippen LogP contribution is -2.31. The van der Waals surface area contributed by atoms with Crippen LogP contribution < -0.4 is 9.13 Å². The van der Waals surface area contributed by atoms with Gasteiger partial charge in [-0.3, -0.25) is 19.2 Å². The first-order chi connectivity index (χ1) is 29.3. The van der Waals surface area contributed by atoms with Gasteiger partial charge in [-0.25, -0.2) is 0 Å². The van der Waals surface area contributed by atoms with Crippen LogP contribution in [0.5, 0.6) is 0 Å². The van der Waals surface area contributed by atoms with Gasteiger partial charge in [0.1, 0.15) is 8.42 Å². The van der Waals surface area contributed by atoms with Crippen LogP contribution in [0.15, 0.2) is 155 Å². The molecule has 0 aliphatic heterocycles. The molecule has 4 heterocycles. The van der Waals surface area contributed by atoms with Crippen molar-refractivity contribution in [2.24, 2.45) is 0 Å². The number of hydrogen-bond donors (Lipinski definition) is 0. The van der Waals surface area contributed by atoms with Crippen LogP contribution in [0, 0.1) is 0 Å². The van der Waals surface area contributed by atoms with E-state index in [1.165, 1.54) is 22.7 Å². The van der Waals surface area contributed by atoms with Crippen LogP contribution in [0.2, 0.25) is 0 Å². The molecule has 0 spiro atoms. The number of thioether (sulfide) groups is 2. The topological polar surface area (TPSA) is 94.5 Å². The second-order valence-corrected chi connectivity index (χ2v) is 17.9. The SMILES string of the molecule is CCOC(=O)Cc1c(C(=O)c2ccccc2)sc(SCc2cccc(CSc3sc(C(=O)c4ccccc4)c(CC(=O)OCC)c3-[n+]3ccccc3)c2)c1-[n+]1ccccc1. The highest BCUT2D eigenvalue weighted by Gasteiger charge is 2.33. The molecule has 8 nitrogen and oxygen atoms in total. The molecule has 0 amide bonds. The Labute approximate surface area is 365 Å². The highest BCUT2D eigenvalue weighted by atomic mass is 32.2. The average molecular weight is 871 g/mol. The summed E-state index contributed by atoms with van der Waals surface area (Å²) in [5.74, 6) is 0.178. The Balaban J connectivity index is 1.20. The number of ketones is 2. The van der Waals surface area contributed by atoms with E-state index in [0.29, 0.717) is 43.5 Å². The molecule has 60 heavy (non-hydrogen) atoms. The van der Waals surface area contributed by atoms with Gasteiger partial charge in [-0.1, -0.05) is 97.1 Å². The largest absolute Gasteiger partial charge is 0.466 e. The molecule has 7 rings (SSSR count). The molecule has 0 fully saturated rings. The monoisotopic (exact) mass is 870 g/mol. The lowest BCUT2D eigenvalue weighted by Gasteiger charge is -2.07. The number of benzene rings is 3. The molecule has 3 aromatic carbocycles. The van der Waals surface area contributed by atoms with Crippen molar-refractivity contribution >= 4 is 69.7 Å². The van der Waals surface area contributed by atoms with E-state index < -0.39 is 0 Å². The minimum absolute atomic E-state index is 0.0329. The fraction of sp³-hybridized carbons (Fsp3) is 0.167. The fourth-order valence-electron chi connectivity index (χ4n) is 6.64. The third kappa shape index (κ3) is 10.2. The Morgan fingerprint density at radius 2 is 0.900 bits per heavy atom. The summed E-state index contributed by atoms with van der Waals surface area (Å²) in [6.45, 7) is 4.04. The highest BCUT2D eigenvalue weighted by molar-refractivity contribution is 8.00. The van der Waals surface area contributed by atoms with E-state index in [0.717, 1.165) is 30.9 Å². The lowest BCUT2D eigenvalue weighted by atomic mass is 10.0. The van der Waals surface area contributed by atoms with Crippen LogP contribution in [-0.2, 0) is 43.4 Å². The second kappa shape index (κ2) is 20.5. The first kappa shape index (κ1) is 42.5. The maximum atomic E-state index is 14.0. The van der Waals surface area contributed by atoms with Gasteiger partial charge in [-0.05, 0) is 25.0 Å². The number of ether oxygens (including phenoxy) is 2.